The average Bonchev–Trinajstić information content (AvgIpc) is 2.26. The topological polar surface area (TPSA) is 38.5 Å². The molecule has 0 aromatic rings. The molecule has 90 valence electrons. The van der Waals surface area contributed by atoms with Crippen LogP contribution in [0.3, 0.4) is 0 Å². The van der Waals surface area contributed by atoms with Gasteiger partial charge in [0.2, 0.25) is 0 Å². The van der Waals surface area contributed by atoms with Crippen LogP contribution < -0.4 is 5.73 Å². The molecule has 0 bridgehead atoms. The van der Waals surface area contributed by atoms with Gasteiger partial charge in [-0.05, 0) is 25.8 Å². The van der Waals surface area contributed by atoms with Crippen LogP contribution in [0.15, 0.2) is 0 Å². The van der Waals surface area contributed by atoms with Crippen LogP contribution in [-0.4, -0.2) is 44.3 Å². The monoisotopic (exact) mass is 214 g/mol. The fourth-order valence-electron chi connectivity index (χ4n) is 2.65. The Bertz CT molecular complexity index is 171. The highest BCUT2D eigenvalue weighted by atomic mass is 16.5. The van der Waals surface area contributed by atoms with Crippen molar-refractivity contribution in [2.24, 2.45) is 11.7 Å². The van der Waals surface area contributed by atoms with E-state index in [1.165, 1.54) is 25.7 Å². The number of likely N-dealkylation sites (N-methyl/N-ethyl adjacent to an activating group) is 1. The van der Waals surface area contributed by atoms with Crippen molar-refractivity contribution >= 4 is 0 Å². The van der Waals surface area contributed by atoms with Gasteiger partial charge in [0, 0.05) is 26.2 Å². The maximum atomic E-state index is 5.64. The van der Waals surface area contributed by atoms with Crippen LogP contribution >= 0.6 is 0 Å². The number of hydrogen-bond acceptors (Lipinski definition) is 3. The maximum Gasteiger partial charge on any atom is 0.0820 e. The molecule has 2 N–H and O–H groups in total. The minimum atomic E-state index is 0.184. The fraction of sp³-hybridized carbons (Fsp3) is 1.00. The van der Waals surface area contributed by atoms with Crippen LogP contribution in [-0.2, 0) is 4.74 Å². The quantitative estimate of drug-likeness (QED) is 0.753. The normalized spacial score (nSPS) is 29.4. The third-order valence-corrected chi connectivity index (χ3v) is 3.72. The van der Waals surface area contributed by atoms with Crippen molar-refractivity contribution < 1.29 is 4.74 Å². The molecule has 15 heavy (non-hydrogen) atoms. The van der Waals surface area contributed by atoms with Gasteiger partial charge in [-0.25, -0.2) is 0 Å². The van der Waals surface area contributed by atoms with Gasteiger partial charge in [-0.2, -0.15) is 0 Å². The molecule has 3 heteroatoms. The molecule has 0 saturated heterocycles. The molecular weight excluding hydrogens is 188 g/mol. The number of nitrogens with two attached hydrogens (primary N) is 1. The van der Waals surface area contributed by atoms with Crippen molar-refractivity contribution in [1.29, 1.82) is 0 Å². The highest BCUT2D eigenvalue weighted by Crippen LogP contribution is 2.27. The van der Waals surface area contributed by atoms with Gasteiger partial charge in [0.15, 0.2) is 0 Å². The SMILES string of the molecule is COC(CN)CN(C)C1CCCCC1C. The van der Waals surface area contributed by atoms with E-state index in [0.717, 1.165) is 18.5 Å². The Balaban J connectivity index is 2.40. The molecule has 0 aromatic carbocycles. The summed E-state index contributed by atoms with van der Waals surface area (Å²) < 4.78 is 5.33. The van der Waals surface area contributed by atoms with E-state index in [9.17, 15) is 0 Å². The standard InChI is InChI=1S/C12H26N2O/c1-10-6-4-5-7-12(10)14(2)9-11(8-13)15-3/h10-12H,4-9,13H2,1-3H3. The number of methoxy groups -OCH3 is 1. The summed E-state index contributed by atoms with van der Waals surface area (Å²) in [6.07, 6.45) is 5.66. The Labute approximate surface area is 94.0 Å². The third-order valence-electron chi connectivity index (χ3n) is 3.72. The molecule has 3 unspecified atom stereocenters. The van der Waals surface area contributed by atoms with Gasteiger partial charge < -0.3 is 15.4 Å². The molecule has 1 fully saturated rings. The van der Waals surface area contributed by atoms with Gasteiger partial charge in [0.25, 0.3) is 0 Å². The summed E-state index contributed by atoms with van der Waals surface area (Å²) in [4.78, 5) is 2.44. The van der Waals surface area contributed by atoms with Crippen molar-refractivity contribution in [2.75, 3.05) is 27.2 Å². The first-order chi connectivity index (χ1) is 7.19. The lowest BCUT2D eigenvalue weighted by Crippen LogP contribution is -2.44. The molecule has 1 rings (SSSR count). The van der Waals surface area contributed by atoms with Crippen molar-refractivity contribution in [3.05, 3.63) is 0 Å². The molecule has 0 aliphatic heterocycles. The number of hydrogen-bond donors (Lipinski definition) is 1. The predicted molar refractivity (Wildman–Crippen MR) is 63.9 cm³/mol. The molecule has 3 nitrogen and oxygen atoms in total. The summed E-state index contributed by atoms with van der Waals surface area (Å²) >= 11 is 0. The molecule has 1 saturated carbocycles. The summed E-state index contributed by atoms with van der Waals surface area (Å²) in [6, 6.07) is 0.725. The Morgan fingerprint density at radius 1 is 1.40 bits per heavy atom. The van der Waals surface area contributed by atoms with Crippen molar-refractivity contribution in [1.82, 2.24) is 4.90 Å². The zero-order valence-corrected chi connectivity index (χ0v) is 10.4. The minimum Gasteiger partial charge on any atom is -0.379 e. The Kier molecular flexibility index (Phi) is 5.58. The molecular formula is C12H26N2O. The number of nitrogens with zero attached hydrogens (tertiary/aromatic N) is 1. The first-order valence-electron chi connectivity index (χ1n) is 6.12. The lowest BCUT2D eigenvalue weighted by atomic mass is 9.85. The van der Waals surface area contributed by atoms with Gasteiger partial charge in [0.05, 0.1) is 6.10 Å². The predicted octanol–water partition coefficient (Wildman–Crippen LogP) is 1.47. The Morgan fingerprint density at radius 3 is 2.60 bits per heavy atom. The Hall–Kier alpha value is -0.120. The van der Waals surface area contributed by atoms with Crippen LogP contribution in [0.25, 0.3) is 0 Å². The van der Waals surface area contributed by atoms with Crippen LogP contribution in [0.5, 0.6) is 0 Å². The van der Waals surface area contributed by atoms with Crippen molar-refractivity contribution in [2.45, 2.75) is 44.8 Å². The molecule has 0 spiro atoms. The van der Waals surface area contributed by atoms with Gasteiger partial charge in [-0.3, -0.25) is 0 Å². The van der Waals surface area contributed by atoms with E-state index in [2.05, 4.69) is 18.9 Å². The molecule has 0 heterocycles. The second kappa shape index (κ2) is 6.46. The van der Waals surface area contributed by atoms with E-state index >= 15 is 0 Å². The van der Waals surface area contributed by atoms with E-state index in [0.29, 0.717) is 6.54 Å². The summed E-state index contributed by atoms with van der Waals surface area (Å²) in [5.41, 5.74) is 5.64. The van der Waals surface area contributed by atoms with Crippen LogP contribution in [0.2, 0.25) is 0 Å². The van der Waals surface area contributed by atoms with Crippen LogP contribution in [0, 0.1) is 5.92 Å². The number of rotatable bonds is 5. The molecule has 0 radical (unpaired) electrons. The second-order valence-corrected chi connectivity index (χ2v) is 4.86. The second-order valence-electron chi connectivity index (χ2n) is 4.86. The van der Waals surface area contributed by atoms with Crippen LogP contribution in [0.1, 0.15) is 32.6 Å². The first-order valence-corrected chi connectivity index (χ1v) is 6.12. The van der Waals surface area contributed by atoms with Crippen molar-refractivity contribution in [3.8, 4) is 0 Å². The lowest BCUT2D eigenvalue weighted by Gasteiger charge is -2.37. The Morgan fingerprint density at radius 2 is 2.07 bits per heavy atom. The lowest BCUT2D eigenvalue weighted by molar-refractivity contribution is 0.0452. The van der Waals surface area contributed by atoms with E-state index < -0.39 is 0 Å². The van der Waals surface area contributed by atoms with Gasteiger partial charge in [-0.1, -0.05) is 19.8 Å². The summed E-state index contributed by atoms with van der Waals surface area (Å²) in [7, 11) is 3.95. The van der Waals surface area contributed by atoms with E-state index in [1.54, 1.807) is 7.11 Å². The van der Waals surface area contributed by atoms with Gasteiger partial charge in [-0.15, -0.1) is 0 Å². The van der Waals surface area contributed by atoms with Crippen molar-refractivity contribution in [3.63, 3.8) is 0 Å². The van der Waals surface area contributed by atoms with E-state index in [1.807, 2.05) is 0 Å². The summed E-state index contributed by atoms with van der Waals surface area (Å²) in [5.74, 6) is 0.819. The van der Waals surface area contributed by atoms with Crippen LogP contribution in [0.4, 0.5) is 0 Å². The highest BCUT2D eigenvalue weighted by Gasteiger charge is 2.25. The van der Waals surface area contributed by atoms with Gasteiger partial charge in [0.1, 0.15) is 0 Å². The zero-order chi connectivity index (χ0) is 11.3. The smallest absolute Gasteiger partial charge is 0.0820 e. The summed E-state index contributed by atoms with van der Waals surface area (Å²) in [5, 5.41) is 0. The molecule has 0 aromatic heterocycles. The minimum absolute atomic E-state index is 0.184. The largest absolute Gasteiger partial charge is 0.379 e. The third kappa shape index (κ3) is 3.74. The summed E-state index contributed by atoms with van der Waals surface area (Å²) in [6.45, 7) is 3.94. The van der Waals surface area contributed by atoms with E-state index in [4.69, 9.17) is 10.5 Å². The van der Waals surface area contributed by atoms with E-state index in [-0.39, 0.29) is 6.10 Å². The molecule has 0 amide bonds. The van der Waals surface area contributed by atoms with Gasteiger partial charge >= 0.3 is 0 Å². The maximum absolute atomic E-state index is 5.64. The average molecular weight is 214 g/mol. The zero-order valence-electron chi connectivity index (χ0n) is 10.4. The fourth-order valence-corrected chi connectivity index (χ4v) is 2.65. The molecule has 3 atom stereocenters. The highest BCUT2D eigenvalue weighted by molar-refractivity contribution is 4.80. The molecule has 1 aliphatic rings. The molecule has 1 aliphatic carbocycles. The number of ether oxygens (including phenoxy) is 1. The first kappa shape index (κ1) is 12.9.